The van der Waals surface area contributed by atoms with Gasteiger partial charge in [-0.3, -0.25) is 34.1 Å². The lowest BCUT2D eigenvalue weighted by Crippen LogP contribution is -2.35. The highest BCUT2D eigenvalue weighted by Crippen LogP contribution is 2.33. The number of nitrogens with zero attached hydrogens (tertiary/aromatic N) is 4. The average Bonchev–Trinajstić information content (AvgIpc) is 3.38. The summed E-state index contributed by atoms with van der Waals surface area (Å²) in [7, 11) is 0. The van der Waals surface area contributed by atoms with E-state index in [-0.39, 0.29) is 22.7 Å². The minimum absolute atomic E-state index is 0.0674. The van der Waals surface area contributed by atoms with Crippen molar-refractivity contribution in [2.24, 2.45) is 0 Å². The maximum atomic E-state index is 15.3. The maximum Gasteiger partial charge on any atom is 0.416 e. The third-order valence-corrected chi connectivity index (χ3v) is 10.9. The van der Waals surface area contributed by atoms with Crippen molar-refractivity contribution >= 4 is 56.8 Å². The first-order valence-corrected chi connectivity index (χ1v) is 21.2. The first-order valence-electron chi connectivity index (χ1n) is 21.2. The number of ketones is 2. The fourth-order valence-electron chi connectivity index (χ4n) is 7.30. The number of anilines is 2. The van der Waals surface area contributed by atoms with Gasteiger partial charge < -0.3 is 20.7 Å². The summed E-state index contributed by atoms with van der Waals surface area (Å²) in [5, 5.41) is 7.22. The number of hydrogen-bond donors (Lipinski definition) is 3. The fraction of sp³-hybridized carbons (Fsp3) is 0.120. The van der Waals surface area contributed by atoms with Crippen molar-refractivity contribution in [2.45, 2.75) is 18.4 Å². The maximum absolute atomic E-state index is 15.3. The normalized spacial score (nSPS) is 13.8. The van der Waals surface area contributed by atoms with Crippen LogP contribution in [0.25, 0.3) is 22.1 Å². The van der Waals surface area contributed by atoms with E-state index in [9.17, 15) is 58.7 Å². The molecule has 372 valence electrons. The van der Waals surface area contributed by atoms with Crippen LogP contribution in [-0.4, -0.2) is 63.1 Å². The van der Waals surface area contributed by atoms with Gasteiger partial charge in [0.05, 0.1) is 86.8 Å². The van der Waals surface area contributed by atoms with Crippen LogP contribution in [0.4, 0.5) is 59.7 Å². The summed E-state index contributed by atoms with van der Waals surface area (Å²) in [6.07, 6.45) is -5.13. The van der Waals surface area contributed by atoms with Gasteiger partial charge in [0, 0.05) is 47.3 Å². The predicted octanol–water partition coefficient (Wildman–Crippen LogP) is 10.6. The van der Waals surface area contributed by atoms with E-state index >= 15 is 8.78 Å². The number of aromatic nitrogens is 4. The first-order chi connectivity index (χ1) is 34.7. The van der Waals surface area contributed by atoms with Crippen molar-refractivity contribution in [3.63, 3.8) is 0 Å². The Hall–Kier alpha value is -8.57. The van der Waals surface area contributed by atoms with Gasteiger partial charge in [-0.2, -0.15) is 26.3 Å². The zero-order valence-corrected chi connectivity index (χ0v) is 36.7. The van der Waals surface area contributed by atoms with Crippen molar-refractivity contribution in [1.29, 1.82) is 0 Å². The molecule has 0 radical (unpaired) electrons. The highest BCUT2D eigenvalue weighted by Gasteiger charge is 2.33. The van der Waals surface area contributed by atoms with Gasteiger partial charge in [-0.15, -0.1) is 0 Å². The van der Waals surface area contributed by atoms with Gasteiger partial charge in [0.15, 0.2) is 34.8 Å². The zero-order valence-electron chi connectivity index (χ0n) is 36.7. The van der Waals surface area contributed by atoms with Crippen LogP contribution in [0.1, 0.15) is 75.4 Å². The van der Waals surface area contributed by atoms with Crippen LogP contribution in [0.15, 0.2) is 122 Å². The molecule has 9 rings (SSSR count). The quantitative estimate of drug-likeness (QED) is 0.0720. The Balaban J connectivity index is 0.000000199. The lowest BCUT2D eigenvalue weighted by molar-refractivity contribution is -0.138. The van der Waals surface area contributed by atoms with E-state index in [4.69, 9.17) is 4.74 Å². The molecule has 1 saturated heterocycles. The van der Waals surface area contributed by atoms with Crippen LogP contribution >= 0.6 is 0 Å². The first kappa shape index (κ1) is 50.8. The summed E-state index contributed by atoms with van der Waals surface area (Å²) in [6, 6.07) is 16.5. The molecule has 2 amide bonds. The molecule has 2 aromatic heterocycles. The van der Waals surface area contributed by atoms with E-state index in [1.54, 1.807) is 0 Å². The third-order valence-electron chi connectivity index (χ3n) is 10.9. The van der Waals surface area contributed by atoms with Crippen molar-refractivity contribution in [1.82, 2.24) is 25.3 Å². The molecular weight excluding hydrogens is 988 g/mol. The number of hydrogen-bond acceptors (Lipinski definition) is 10. The number of carbonyl (C=O) groups is 4. The van der Waals surface area contributed by atoms with Crippen LogP contribution < -0.4 is 16.0 Å². The lowest BCUT2D eigenvalue weighted by atomic mass is 10.00. The highest BCUT2D eigenvalue weighted by molar-refractivity contribution is 6.13. The Kier molecular flexibility index (Phi) is 14.4. The molecule has 23 heteroatoms. The number of carbonyl (C=O) groups excluding carboxylic acids is 4. The van der Waals surface area contributed by atoms with Crippen molar-refractivity contribution in [3.8, 4) is 0 Å². The molecule has 12 nitrogen and oxygen atoms in total. The predicted molar refractivity (Wildman–Crippen MR) is 239 cm³/mol. The average molecular weight is 1020 g/mol. The molecule has 0 saturated carbocycles. The van der Waals surface area contributed by atoms with E-state index < -0.39 is 110 Å². The molecule has 1 aliphatic heterocycles. The van der Waals surface area contributed by atoms with Crippen molar-refractivity contribution in [3.05, 3.63) is 201 Å². The number of rotatable bonds is 9. The minimum atomic E-state index is -4.75. The standard InChI is InChI=1S/C27H18F6N4O3.C23H12F5N3O2/c28-16-10-19(37-26(39)14-2-1-3-15(8-14)27(31,32)33)24(30)22(23(16)29)25(38)13-4-5-17-18(9-13)35-11-20(36-17)21-12-40-7-6-34-21;24-15-5-7-17(31-22(33)13-2-1-3-14(10-13)23(26,27)28)20(25)19(15)21(32)12-4-6-16-18(11-12)30-9-8-29-16/h1-5,8-11,21,34H,6-7,12H2,(H,37,39);1-11H,(H,31,33). The molecule has 3 N–H and O–H groups in total. The van der Waals surface area contributed by atoms with Crippen LogP contribution in [0, 0.1) is 29.1 Å². The highest BCUT2D eigenvalue weighted by atomic mass is 19.4. The Labute approximate surface area is 403 Å². The number of benzene rings is 6. The van der Waals surface area contributed by atoms with Gasteiger partial charge in [0.25, 0.3) is 11.8 Å². The van der Waals surface area contributed by atoms with Crippen LogP contribution in [-0.2, 0) is 17.1 Å². The zero-order chi connectivity index (χ0) is 52.4. The molecule has 3 heterocycles. The molecule has 0 aliphatic carbocycles. The number of ether oxygens (including phenoxy) is 1. The molecule has 1 unspecified atom stereocenters. The summed E-state index contributed by atoms with van der Waals surface area (Å²) in [4.78, 5) is 67.6. The minimum Gasteiger partial charge on any atom is -0.378 e. The van der Waals surface area contributed by atoms with Gasteiger partial charge in [0.1, 0.15) is 5.82 Å². The van der Waals surface area contributed by atoms with E-state index in [0.717, 1.165) is 48.5 Å². The molecule has 1 atom stereocenters. The second-order valence-corrected chi connectivity index (χ2v) is 15.8. The van der Waals surface area contributed by atoms with Gasteiger partial charge in [-0.1, -0.05) is 12.1 Å². The van der Waals surface area contributed by atoms with Crippen molar-refractivity contribution < 1.29 is 72.2 Å². The van der Waals surface area contributed by atoms with E-state index in [1.807, 2.05) is 5.32 Å². The topological polar surface area (TPSA) is 165 Å². The summed E-state index contributed by atoms with van der Waals surface area (Å²) < 4.78 is 157. The smallest absolute Gasteiger partial charge is 0.378 e. The van der Waals surface area contributed by atoms with E-state index in [0.29, 0.717) is 60.2 Å². The second kappa shape index (κ2) is 20.6. The SMILES string of the molecule is O=C(Nc1cc(F)c(F)c(C(=O)c2ccc3nc(C4COCCN4)cnc3c2)c1F)c1cccc(C(F)(F)F)c1.O=C(Nc1ccc(F)c(C(=O)c2ccc3nccnc3c2)c1F)c1cccc(C(F)(F)F)c1. The Morgan fingerprint density at radius 2 is 1.10 bits per heavy atom. The Morgan fingerprint density at radius 1 is 0.548 bits per heavy atom. The molecular formula is C50H30F11N7O5. The van der Waals surface area contributed by atoms with Gasteiger partial charge in [-0.25, -0.2) is 26.9 Å². The molecule has 1 aliphatic rings. The molecule has 1 fully saturated rings. The number of morpholine rings is 1. The summed E-state index contributed by atoms with van der Waals surface area (Å²) in [6.45, 7) is 1.58. The van der Waals surface area contributed by atoms with Crippen LogP contribution in [0.5, 0.6) is 0 Å². The number of nitrogens with one attached hydrogen (secondary N) is 3. The largest absolute Gasteiger partial charge is 0.416 e. The summed E-state index contributed by atoms with van der Waals surface area (Å²) in [5.74, 6) is -12.1. The monoisotopic (exact) mass is 1020 g/mol. The summed E-state index contributed by atoms with van der Waals surface area (Å²) in [5.41, 5.74) is -5.16. The Bertz CT molecular complexity index is 3500. The molecule has 0 spiro atoms. The van der Waals surface area contributed by atoms with E-state index in [2.05, 4.69) is 30.6 Å². The van der Waals surface area contributed by atoms with Crippen molar-refractivity contribution in [2.75, 3.05) is 30.4 Å². The third kappa shape index (κ3) is 11.2. The number of fused-ring (bicyclic) bond motifs is 2. The van der Waals surface area contributed by atoms with Crippen LogP contribution in [0.2, 0.25) is 0 Å². The van der Waals surface area contributed by atoms with E-state index in [1.165, 1.54) is 55.0 Å². The second-order valence-electron chi connectivity index (χ2n) is 15.8. The van der Waals surface area contributed by atoms with Gasteiger partial charge in [0.2, 0.25) is 0 Å². The summed E-state index contributed by atoms with van der Waals surface area (Å²) >= 11 is 0. The van der Waals surface area contributed by atoms with Crippen LogP contribution in [0.3, 0.4) is 0 Å². The molecule has 0 bridgehead atoms. The number of alkyl halides is 6. The fourth-order valence-corrected chi connectivity index (χ4v) is 7.30. The molecule has 8 aromatic rings. The van der Waals surface area contributed by atoms with Gasteiger partial charge in [-0.05, 0) is 84.9 Å². The molecule has 6 aromatic carbocycles. The Morgan fingerprint density at radius 3 is 1.68 bits per heavy atom. The number of halogens is 11. The number of amides is 2. The molecule has 73 heavy (non-hydrogen) atoms. The van der Waals surface area contributed by atoms with Gasteiger partial charge >= 0.3 is 12.4 Å². The lowest BCUT2D eigenvalue weighted by Gasteiger charge is -2.23.